The zero-order valence-electron chi connectivity index (χ0n) is 5.06. The van der Waals surface area contributed by atoms with Gasteiger partial charge in [-0.05, 0) is 0 Å². The van der Waals surface area contributed by atoms with Gasteiger partial charge >= 0.3 is 0 Å². The van der Waals surface area contributed by atoms with Crippen molar-refractivity contribution >= 4 is 0 Å². The minimum Gasteiger partial charge on any atom is -0.394 e. The fourth-order valence-corrected chi connectivity index (χ4v) is 0.243. The van der Waals surface area contributed by atoms with Gasteiger partial charge in [-0.3, -0.25) is 0 Å². The standard InChI is InChI=1S/C4H10O4.H3N/c5-1-3(7)4(8)2-6;/h3-8H,1-2H2;1H3/t3-,4+;. The highest BCUT2D eigenvalue weighted by Gasteiger charge is 2.12. The van der Waals surface area contributed by atoms with Gasteiger partial charge in [-0.15, -0.1) is 0 Å². The fraction of sp³-hybridized carbons (Fsp3) is 1.00. The molecule has 2 atom stereocenters. The number of aliphatic hydroxyl groups is 4. The molecule has 0 unspecified atom stereocenters. The molecule has 0 amide bonds. The van der Waals surface area contributed by atoms with Gasteiger partial charge in [0.1, 0.15) is 12.2 Å². The highest BCUT2D eigenvalue weighted by atomic mass is 16.4. The van der Waals surface area contributed by atoms with Gasteiger partial charge in [0.15, 0.2) is 0 Å². The molecule has 5 nitrogen and oxygen atoms in total. The Balaban J connectivity index is 0. The number of rotatable bonds is 3. The molecule has 0 aliphatic rings. The van der Waals surface area contributed by atoms with Crippen LogP contribution in [0.4, 0.5) is 0 Å². The van der Waals surface area contributed by atoms with Crippen LogP contribution in [0.1, 0.15) is 0 Å². The Labute approximate surface area is 53.1 Å². The molecule has 0 saturated heterocycles. The van der Waals surface area contributed by atoms with E-state index < -0.39 is 25.4 Å². The van der Waals surface area contributed by atoms with Crippen molar-refractivity contribution in [1.29, 1.82) is 0 Å². The molecule has 5 heteroatoms. The maximum atomic E-state index is 8.47. The third-order valence-corrected chi connectivity index (χ3v) is 0.818. The van der Waals surface area contributed by atoms with Crippen molar-refractivity contribution in [1.82, 2.24) is 6.15 Å². The summed E-state index contributed by atoms with van der Waals surface area (Å²) < 4.78 is 0. The van der Waals surface area contributed by atoms with Crippen molar-refractivity contribution in [2.24, 2.45) is 0 Å². The smallest absolute Gasteiger partial charge is 0.105 e. The molecule has 58 valence electrons. The van der Waals surface area contributed by atoms with Gasteiger partial charge < -0.3 is 26.6 Å². The molecule has 0 spiro atoms. The van der Waals surface area contributed by atoms with E-state index in [2.05, 4.69) is 0 Å². The minimum absolute atomic E-state index is 0. The van der Waals surface area contributed by atoms with Gasteiger partial charge in [0.05, 0.1) is 13.2 Å². The summed E-state index contributed by atoms with van der Waals surface area (Å²) in [5, 5.41) is 33.2. The summed E-state index contributed by atoms with van der Waals surface area (Å²) in [5.74, 6) is 0. The Morgan fingerprint density at radius 1 is 0.889 bits per heavy atom. The Kier molecular flexibility index (Phi) is 7.63. The van der Waals surface area contributed by atoms with Crippen LogP contribution >= 0.6 is 0 Å². The SMILES string of the molecule is N.OC[C@@H](O)[C@@H](O)CO. The number of hydrogen-bond acceptors (Lipinski definition) is 5. The van der Waals surface area contributed by atoms with Crippen LogP contribution in [0, 0.1) is 0 Å². The van der Waals surface area contributed by atoms with Crippen LogP contribution in [0.25, 0.3) is 0 Å². The van der Waals surface area contributed by atoms with E-state index >= 15 is 0 Å². The lowest BCUT2D eigenvalue weighted by atomic mass is 10.2. The van der Waals surface area contributed by atoms with E-state index in [-0.39, 0.29) is 6.15 Å². The van der Waals surface area contributed by atoms with Gasteiger partial charge in [0.25, 0.3) is 0 Å². The Bertz CT molecular complexity index is 52.5. The highest BCUT2D eigenvalue weighted by Crippen LogP contribution is 1.88. The summed E-state index contributed by atoms with van der Waals surface area (Å²) in [4.78, 5) is 0. The minimum atomic E-state index is -1.22. The maximum Gasteiger partial charge on any atom is 0.105 e. The Hall–Kier alpha value is -0.200. The molecule has 0 aromatic heterocycles. The third-order valence-electron chi connectivity index (χ3n) is 0.818. The topological polar surface area (TPSA) is 116 Å². The summed E-state index contributed by atoms with van der Waals surface area (Å²) in [6, 6.07) is 0. The average Bonchev–Trinajstić information content (AvgIpc) is 1.84. The largest absolute Gasteiger partial charge is 0.394 e. The lowest BCUT2D eigenvalue weighted by Gasteiger charge is -2.10. The van der Waals surface area contributed by atoms with Crippen molar-refractivity contribution in [2.75, 3.05) is 13.2 Å². The van der Waals surface area contributed by atoms with Gasteiger partial charge in [-0.25, -0.2) is 0 Å². The predicted octanol–water partition coefficient (Wildman–Crippen LogP) is -2.15. The second-order valence-corrected chi connectivity index (χ2v) is 1.50. The Morgan fingerprint density at radius 2 is 1.11 bits per heavy atom. The van der Waals surface area contributed by atoms with Gasteiger partial charge in [-0.2, -0.15) is 0 Å². The van der Waals surface area contributed by atoms with Crippen LogP contribution in [0.2, 0.25) is 0 Å². The van der Waals surface area contributed by atoms with Crippen LogP contribution in [-0.2, 0) is 0 Å². The molecule has 7 N–H and O–H groups in total. The summed E-state index contributed by atoms with van der Waals surface area (Å²) in [7, 11) is 0. The highest BCUT2D eigenvalue weighted by molar-refractivity contribution is 4.62. The molecule has 0 heterocycles. The zero-order valence-corrected chi connectivity index (χ0v) is 5.06. The van der Waals surface area contributed by atoms with Crippen molar-refractivity contribution in [3.63, 3.8) is 0 Å². The molecule has 0 rings (SSSR count). The van der Waals surface area contributed by atoms with E-state index in [1.807, 2.05) is 0 Å². The molecule has 0 aromatic rings. The zero-order chi connectivity index (χ0) is 6.57. The molecule has 0 aliphatic heterocycles. The molecular weight excluding hydrogens is 126 g/mol. The second kappa shape index (κ2) is 5.93. The van der Waals surface area contributed by atoms with E-state index in [1.165, 1.54) is 0 Å². The summed E-state index contributed by atoms with van der Waals surface area (Å²) in [6.07, 6.45) is -2.44. The van der Waals surface area contributed by atoms with E-state index in [4.69, 9.17) is 20.4 Å². The van der Waals surface area contributed by atoms with Gasteiger partial charge in [-0.1, -0.05) is 0 Å². The number of aliphatic hydroxyl groups excluding tert-OH is 4. The first kappa shape index (κ1) is 11.6. The van der Waals surface area contributed by atoms with Crippen molar-refractivity contribution in [2.45, 2.75) is 12.2 Å². The van der Waals surface area contributed by atoms with Crippen LogP contribution in [0.5, 0.6) is 0 Å². The van der Waals surface area contributed by atoms with E-state index in [0.717, 1.165) is 0 Å². The quantitative estimate of drug-likeness (QED) is 0.306. The van der Waals surface area contributed by atoms with E-state index in [1.54, 1.807) is 0 Å². The van der Waals surface area contributed by atoms with E-state index in [0.29, 0.717) is 0 Å². The monoisotopic (exact) mass is 139 g/mol. The molecule has 0 fully saturated rings. The summed E-state index contributed by atoms with van der Waals surface area (Å²) in [5.41, 5.74) is 0. The molecule has 0 saturated carbocycles. The lowest BCUT2D eigenvalue weighted by molar-refractivity contribution is -0.0388. The Morgan fingerprint density at radius 3 is 1.22 bits per heavy atom. The normalized spacial score (nSPS) is 16.0. The molecule has 9 heavy (non-hydrogen) atoms. The summed E-state index contributed by atoms with van der Waals surface area (Å²) in [6.45, 7) is -1.05. The van der Waals surface area contributed by atoms with Gasteiger partial charge in [0, 0.05) is 0 Å². The van der Waals surface area contributed by atoms with E-state index in [9.17, 15) is 0 Å². The fourth-order valence-electron chi connectivity index (χ4n) is 0.243. The molecule has 0 aromatic carbocycles. The first-order chi connectivity index (χ1) is 3.72. The molecule has 0 bridgehead atoms. The van der Waals surface area contributed by atoms with Crippen molar-refractivity contribution in [3.05, 3.63) is 0 Å². The van der Waals surface area contributed by atoms with Crippen molar-refractivity contribution in [3.8, 4) is 0 Å². The van der Waals surface area contributed by atoms with Crippen molar-refractivity contribution < 1.29 is 20.4 Å². The predicted molar refractivity (Wildman–Crippen MR) is 31.2 cm³/mol. The lowest BCUT2D eigenvalue weighted by Crippen LogP contribution is -2.31. The third kappa shape index (κ3) is 4.31. The summed E-state index contributed by atoms with van der Waals surface area (Å²) >= 11 is 0. The van der Waals surface area contributed by atoms with Crippen LogP contribution in [-0.4, -0.2) is 45.8 Å². The second-order valence-electron chi connectivity index (χ2n) is 1.50. The molecule has 0 aliphatic carbocycles. The van der Waals surface area contributed by atoms with Crippen LogP contribution < -0.4 is 6.15 Å². The molecular formula is C4H13NO4. The average molecular weight is 139 g/mol. The molecule has 0 radical (unpaired) electrons. The first-order valence-electron chi connectivity index (χ1n) is 2.30. The maximum absolute atomic E-state index is 8.47. The first-order valence-corrected chi connectivity index (χ1v) is 2.30. The van der Waals surface area contributed by atoms with Crippen LogP contribution in [0.3, 0.4) is 0 Å². The number of hydrogen-bond donors (Lipinski definition) is 5. The van der Waals surface area contributed by atoms with Crippen LogP contribution in [0.15, 0.2) is 0 Å². The van der Waals surface area contributed by atoms with Gasteiger partial charge in [0.2, 0.25) is 0 Å².